The van der Waals surface area contributed by atoms with Crippen LogP contribution in [0.1, 0.15) is 25.7 Å². The molecule has 0 aromatic rings. The van der Waals surface area contributed by atoms with Crippen LogP contribution in [0.4, 0.5) is 0 Å². The maximum Gasteiger partial charge on any atom is 0.0733 e. The van der Waals surface area contributed by atoms with Crippen molar-refractivity contribution in [2.45, 2.75) is 50.0 Å². The molecular weight excluding hydrogens is 164 g/mol. The molecule has 3 heteroatoms. The summed E-state index contributed by atoms with van der Waals surface area (Å²) in [5.41, 5.74) is 0. The molecule has 0 aliphatic carbocycles. The first kappa shape index (κ1) is 8.21. The summed E-state index contributed by atoms with van der Waals surface area (Å²) in [5, 5.41) is 7.11. The third-order valence-electron chi connectivity index (χ3n) is 3.62. The Hall–Kier alpha value is -0.120. The maximum absolute atomic E-state index is 5.81. The molecule has 3 aliphatic heterocycles. The zero-order valence-electron chi connectivity index (χ0n) is 7.96. The average Bonchev–Trinajstić information content (AvgIpc) is 2.77. The smallest absolute Gasteiger partial charge is 0.0733 e. The Morgan fingerprint density at radius 2 is 2.23 bits per heavy atom. The van der Waals surface area contributed by atoms with Crippen LogP contribution in [0.5, 0.6) is 0 Å². The van der Waals surface area contributed by atoms with Crippen LogP contribution in [-0.2, 0) is 4.74 Å². The van der Waals surface area contributed by atoms with Gasteiger partial charge in [-0.2, -0.15) is 0 Å². The second kappa shape index (κ2) is 3.23. The Labute approximate surface area is 79.2 Å². The van der Waals surface area contributed by atoms with Gasteiger partial charge in [-0.3, -0.25) is 0 Å². The highest BCUT2D eigenvalue weighted by Gasteiger charge is 2.41. The molecule has 0 radical (unpaired) electrons. The topological polar surface area (TPSA) is 33.3 Å². The van der Waals surface area contributed by atoms with E-state index in [-0.39, 0.29) is 0 Å². The molecular formula is C10H18N2O. The standard InChI is InChI=1S/C10H18N2O/c1-2-10-9(5-8(1)13-10)12-7-3-4-11-6-7/h7-12H,1-6H2. The van der Waals surface area contributed by atoms with Gasteiger partial charge < -0.3 is 15.4 Å². The summed E-state index contributed by atoms with van der Waals surface area (Å²) in [4.78, 5) is 0. The maximum atomic E-state index is 5.81. The number of hydrogen-bond acceptors (Lipinski definition) is 3. The summed E-state index contributed by atoms with van der Waals surface area (Å²) in [7, 11) is 0. The molecule has 2 N–H and O–H groups in total. The van der Waals surface area contributed by atoms with E-state index in [2.05, 4.69) is 10.6 Å². The van der Waals surface area contributed by atoms with Gasteiger partial charge in [0.15, 0.2) is 0 Å². The number of nitrogens with one attached hydrogen (secondary N) is 2. The van der Waals surface area contributed by atoms with Crippen LogP contribution >= 0.6 is 0 Å². The van der Waals surface area contributed by atoms with Crippen molar-refractivity contribution in [1.29, 1.82) is 0 Å². The average molecular weight is 182 g/mol. The lowest BCUT2D eigenvalue weighted by Gasteiger charge is -2.23. The minimum atomic E-state index is 0.533. The largest absolute Gasteiger partial charge is 0.373 e. The first-order valence-corrected chi connectivity index (χ1v) is 5.54. The number of fused-ring (bicyclic) bond motifs is 2. The van der Waals surface area contributed by atoms with Crippen LogP contribution in [0, 0.1) is 0 Å². The quantitative estimate of drug-likeness (QED) is 0.642. The van der Waals surface area contributed by atoms with Gasteiger partial charge in [0.05, 0.1) is 12.2 Å². The van der Waals surface area contributed by atoms with Crippen LogP contribution in [-0.4, -0.2) is 37.4 Å². The summed E-state index contributed by atoms with van der Waals surface area (Å²) in [6.45, 7) is 2.33. The first-order chi connectivity index (χ1) is 6.42. The molecule has 3 rings (SSSR count). The van der Waals surface area contributed by atoms with Gasteiger partial charge in [-0.25, -0.2) is 0 Å². The molecule has 3 nitrogen and oxygen atoms in total. The van der Waals surface area contributed by atoms with Gasteiger partial charge in [0.25, 0.3) is 0 Å². The number of hydrogen-bond donors (Lipinski definition) is 2. The van der Waals surface area contributed by atoms with Crippen LogP contribution in [0.25, 0.3) is 0 Å². The summed E-state index contributed by atoms with van der Waals surface area (Å²) in [5.74, 6) is 0. The fourth-order valence-corrected chi connectivity index (χ4v) is 2.91. The predicted molar refractivity (Wildman–Crippen MR) is 50.7 cm³/mol. The second-order valence-corrected chi connectivity index (χ2v) is 4.57. The van der Waals surface area contributed by atoms with Gasteiger partial charge in [0, 0.05) is 18.6 Å². The summed E-state index contributed by atoms with van der Waals surface area (Å²) < 4.78 is 5.81. The molecule has 3 heterocycles. The molecule has 0 saturated carbocycles. The van der Waals surface area contributed by atoms with Crippen molar-refractivity contribution in [3.05, 3.63) is 0 Å². The summed E-state index contributed by atoms with van der Waals surface area (Å²) in [6.07, 6.45) is 6.23. The van der Waals surface area contributed by atoms with Crippen LogP contribution in [0.15, 0.2) is 0 Å². The van der Waals surface area contributed by atoms with Crippen molar-refractivity contribution in [2.75, 3.05) is 13.1 Å². The second-order valence-electron chi connectivity index (χ2n) is 4.57. The van der Waals surface area contributed by atoms with Crippen LogP contribution in [0.2, 0.25) is 0 Å². The molecule has 0 aromatic carbocycles. The molecule has 4 atom stereocenters. The van der Waals surface area contributed by atoms with E-state index in [0.29, 0.717) is 24.3 Å². The monoisotopic (exact) mass is 182 g/mol. The minimum Gasteiger partial charge on any atom is -0.373 e. The normalized spacial score (nSPS) is 48.9. The zero-order valence-corrected chi connectivity index (χ0v) is 7.96. The highest BCUT2D eigenvalue weighted by atomic mass is 16.5. The van der Waals surface area contributed by atoms with E-state index in [4.69, 9.17) is 4.74 Å². The van der Waals surface area contributed by atoms with Crippen molar-refractivity contribution in [3.63, 3.8) is 0 Å². The van der Waals surface area contributed by atoms with Gasteiger partial charge in [0.2, 0.25) is 0 Å². The van der Waals surface area contributed by atoms with Gasteiger partial charge in [-0.1, -0.05) is 0 Å². The van der Waals surface area contributed by atoms with Crippen molar-refractivity contribution in [1.82, 2.24) is 10.6 Å². The van der Waals surface area contributed by atoms with Crippen LogP contribution in [0.3, 0.4) is 0 Å². The van der Waals surface area contributed by atoms with Gasteiger partial charge >= 0.3 is 0 Å². The molecule has 74 valence electrons. The third kappa shape index (κ3) is 1.49. The Bertz CT molecular complexity index is 191. The Kier molecular flexibility index (Phi) is 2.04. The number of rotatable bonds is 2. The Balaban J connectivity index is 1.55. The molecule has 0 aromatic heterocycles. The van der Waals surface area contributed by atoms with E-state index in [1.807, 2.05) is 0 Å². The fourth-order valence-electron chi connectivity index (χ4n) is 2.91. The van der Waals surface area contributed by atoms with Crippen molar-refractivity contribution < 1.29 is 4.74 Å². The van der Waals surface area contributed by atoms with E-state index in [9.17, 15) is 0 Å². The molecule has 3 aliphatic rings. The third-order valence-corrected chi connectivity index (χ3v) is 3.62. The van der Waals surface area contributed by atoms with E-state index in [1.165, 1.54) is 32.2 Å². The lowest BCUT2D eigenvalue weighted by Crippen LogP contribution is -2.44. The molecule has 2 bridgehead atoms. The minimum absolute atomic E-state index is 0.533. The highest BCUT2D eigenvalue weighted by Crippen LogP contribution is 2.34. The molecule has 0 spiro atoms. The molecule has 4 unspecified atom stereocenters. The van der Waals surface area contributed by atoms with E-state index in [0.717, 1.165) is 6.54 Å². The van der Waals surface area contributed by atoms with Gasteiger partial charge in [0.1, 0.15) is 0 Å². The Morgan fingerprint density at radius 1 is 1.23 bits per heavy atom. The zero-order chi connectivity index (χ0) is 8.67. The van der Waals surface area contributed by atoms with Crippen molar-refractivity contribution >= 4 is 0 Å². The van der Waals surface area contributed by atoms with Crippen molar-refractivity contribution in [2.24, 2.45) is 0 Å². The summed E-state index contributed by atoms with van der Waals surface area (Å²) in [6, 6.07) is 1.36. The molecule has 3 fully saturated rings. The SMILES string of the molecule is C1CC(NC2CC3CCC2O3)CN1. The van der Waals surface area contributed by atoms with E-state index < -0.39 is 0 Å². The Morgan fingerprint density at radius 3 is 2.85 bits per heavy atom. The molecule has 13 heavy (non-hydrogen) atoms. The van der Waals surface area contributed by atoms with E-state index >= 15 is 0 Å². The van der Waals surface area contributed by atoms with Gasteiger partial charge in [-0.05, 0) is 32.2 Å². The van der Waals surface area contributed by atoms with Gasteiger partial charge in [-0.15, -0.1) is 0 Å². The molecule has 0 amide bonds. The fraction of sp³-hybridized carbons (Fsp3) is 1.00. The van der Waals surface area contributed by atoms with E-state index in [1.54, 1.807) is 0 Å². The van der Waals surface area contributed by atoms with Crippen molar-refractivity contribution in [3.8, 4) is 0 Å². The lowest BCUT2D eigenvalue weighted by atomic mass is 9.95. The highest BCUT2D eigenvalue weighted by molar-refractivity contribution is 4.96. The molecule has 3 saturated heterocycles. The lowest BCUT2D eigenvalue weighted by molar-refractivity contribution is 0.0963. The predicted octanol–water partition coefficient (Wildman–Crippen LogP) is 0.258. The summed E-state index contributed by atoms with van der Waals surface area (Å²) >= 11 is 0. The van der Waals surface area contributed by atoms with Crippen LogP contribution < -0.4 is 10.6 Å². The first-order valence-electron chi connectivity index (χ1n) is 5.54. The number of ether oxygens (including phenoxy) is 1.